The Balaban J connectivity index is 2.78. The molecule has 0 aliphatic carbocycles. The molecule has 0 aromatic heterocycles. The Kier molecular flexibility index (Phi) is 8.38. The smallest absolute Gasteiger partial charge is 0.258 e. The number of ether oxygens (including phenoxy) is 1. The fourth-order valence-corrected chi connectivity index (χ4v) is 4.17. The van der Waals surface area contributed by atoms with Crippen LogP contribution in [0.3, 0.4) is 0 Å². The van der Waals surface area contributed by atoms with Gasteiger partial charge in [-0.05, 0) is 44.0 Å². The minimum atomic E-state index is -3.50. The normalized spacial score (nSPS) is 12.9. The SMILES string of the molecule is CCC[C@H](C)NC(=O)COc1ccc(S(=O)(=O)N(CC)CC)cc1C. The highest BCUT2D eigenvalue weighted by molar-refractivity contribution is 7.89. The van der Waals surface area contributed by atoms with Crippen LogP contribution in [0.1, 0.15) is 46.1 Å². The van der Waals surface area contributed by atoms with Gasteiger partial charge in [0.15, 0.2) is 6.61 Å². The quantitative estimate of drug-likeness (QED) is 0.687. The number of benzene rings is 1. The topological polar surface area (TPSA) is 75.7 Å². The molecular weight excluding hydrogens is 340 g/mol. The van der Waals surface area contributed by atoms with Crippen LogP contribution < -0.4 is 10.1 Å². The molecule has 0 aliphatic heterocycles. The van der Waals surface area contributed by atoms with Crippen LogP contribution >= 0.6 is 0 Å². The Bertz CT molecular complexity index is 670. The van der Waals surface area contributed by atoms with Crippen molar-refractivity contribution in [2.24, 2.45) is 0 Å². The predicted molar refractivity (Wildman–Crippen MR) is 99.3 cm³/mol. The molecule has 25 heavy (non-hydrogen) atoms. The van der Waals surface area contributed by atoms with Gasteiger partial charge in [0.25, 0.3) is 5.91 Å². The second-order valence-electron chi connectivity index (χ2n) is 6.06. The molecular formula is C18H30N2O4S. The van der Waals surface area contributed by atoms with Crippen LogP contribution in [-0.2, 0) is 14.8 Å². The number of hydrogen-bond acceptors (Lipinski definition) is 4. The van der Waals surface area contributed by atoms with Gasteiger partial charge in [0.1, 0.15) is 5.75 Å². The van der Waals surface area contributed by atoms with E-state index in [0.29, 0.717) is 24.4 Å². The molecule has 1 rings (SSSR count). The van der Waals surface area contributed by atoms with Gasteiger partial charge in [0.05, 0.1) is 4.90 Å². The summed E-state index contributed by atoms with van der Waals surface area (Å²) in [4.78, 5) is 12.1. The van der Waals surface area contributed by atoms with Crippen molar-refractivity contribution in [2.75, 3.05) is 19.7 Å². The van der Waals surface area contributed by atoms with Crippen LogP contribution in [-0.4, -0.2) is 44.4 Å². The van der Waals surface area contributed by atoms with Crippen molar-refractivity contribution in [1.29, 1.82) is 0 Å². The van der Waals surface area contributed by atoms with Gasteiger partial charge in [-0.15, -0.1) is 0 Å². The fourth-order valence-electron chi connectivity index (χ4n) is 2.62. The monoisotopic (exact) mass is 370 g/mol. The first-order valence-electron chi connectivity index (χ1n) is 8.79. The van der Waals surface area contributed by atoms with Gasteiger partial charge < -0.3 is 10.1 Å². The average Bonchev–Trinajstić information content (AvgIpc) is 2.54. The summed E-state index contributed by atoms with van der Waals surface area (Å²) in [6.07, 6.45) is 1.92. The highest BCUT2D eigenvalue weighted by Crippen LogP contribution is 2.24. The first-order valence-corrected chi connectivity index (χ1v) is 10.2. The van der Waals surface area contributed by atoms with E-state index >= 15 is 0 Å². The number of hydrogen-bond donors (Lipinski definition) is 1. The molecule has 0 aliphatic rings. The van der Waals surface area contributed by atoms with Crippen LogP contribution in [0.25, 0.3) is 0 Å². The molecule has 0 saturated carbocycles. The molecule has 1 aromatic carbocycles. The lowest BCUT2D eigenvalue weighted by Crippen LogP contribution is -2.36. The van der Waals surface area contributed by atoms with Crippen molar-refractivity contribution in [1.82, 2.24) is 9.62 Å². The maximum absolute atomic E-state index is 12.5. The van der Waals surface area contributed by atoms with Crippen LogP contribution in [0.4, 0.5) is 0 Å². The van der Waals surface area contributed by atoms with Gasteiger partial charge in [0.2, 0.25) is 10.0 Å². The number of aryl methyl sites for hydroxylation is 1. The molecule has 142 valence electrons. The van der Waals surface area contributed by atoms with Crippen molar-refractivity contribution in [2.45, 2.75) is 58.4 Å². The summed E-state index contributed by atoms with van der Waals surface area (Å²) >= 11 is 0. The van der Waals surface area contributed by atoms with E-state index in [9.17, 15) is 13.2 Å². The number of carbonyl (C=O) groups is 1. The summed E-state index contributed by atoms with van der Waals surface area (Å²) in [5.41, 5.74) is 0.683. The van der Waals surface area contributed by atoms with E-state index < -0.39 is 10.0 Å². The van der Waals surface area contributed by atoms with Gasteiger partial charge in [-0.3, -0.25) is 4.79 Å². The Morgan fingerprint density at radius 1 is 1.24 bits per heavy atom. The molecule has 0 unspecified atom stereocenters. The standard InChI is InChI=1S/C18H30N2O4S/c1-6-9-15(5)19-18(21)13-24-17-11-10-16(12-14(17)4)25(22,23)20(7-2)8-3/h10-12,15H,6-9,13H2,1-5H3,(H,19,21)/t15-/m0/s1. The lowest BCUT2D eigenvalue weighted by Gasteiger charge is -2.19. The molecule has 0 radical (unpaired) electrons. The molecule has 0 fully saturated rings. The predicted octanol–water partition coefficient (Wildman–Crippen LogP) is 2.71. The van der Waals surface area contributed by atoms with E-state index in [1.54, 1.807) is 19.1 Å². The molecule has 1 amide bonds. The number of rotatable bonds is 10. The van der Waals surface area contributed by atoms with E-state index in [1.807, 2.05) is 20.8 Å². The molecule has 0 bridgehead atoms. The lowest BCUT2D eigenvalue weighted by molar-refractivity contribution is -0.123. The number of carbonyl (C=O) groups excluding carboxylic acids is 1. The van der Waals surface area contributed by atoms with Gasteiger partial charge in [-0.1, -0.05) is 27.2 Å². The summed E-state index contributed by atoms with van der Waals surface area (Å²) in [7, 11) is -3.50. The highest BCUT2D eigenvalue weighted by atomic mass is 32.2. The second kappa shape index (κ2) is 9.77. The Labute approximate surface area is 151 Å². The molecule has 0 heterocycles. The molecule has 0 saturated heterocycles. The zero-order chi connectivity index (χ0) is 19.0. The van der Waals surface area contributed by atoms with Gasteiger partial charge >= 0.3 is 0 Å². The average molecular weight is 371 g/mol. The van der Waals surface area contributed by atoms with Crippen molar-refractivity contribution >= 4 is 15.9 Å². The summed E-state index contributed by atoms with van der Waals surface area (Å²) in [6.45, 7) is 10.2. The summed E-state index contributed by atoms with van der Waals surface area (Å²) < 4.78 is 32.0. The van der Waals surface area contributed by atoms with Crippen LogP contribution in [0.15, 0.2) is 23.1 Å². The van der Waals surface area contributed by atoms with E-state index in [2.05, 4.69) is 12.2 Å². The Morgan fingerprint density at radius 3 is 2.40 bits per heavy atom. The van der Waals surface area contributed by atoms with Crippen molar-refractivity contribution in [3.05, 3.63) is 23.8 Å². The zero-order valence-corrected chi connectivity index (χ0v) is 16.6. The fraction of sp³-hybridized carbons (Fsp3) is 0.611. The third-order valence-corrected chi connectivity index (χ3v) is 6.02. The van der Waals surface area contributed by atoms with Crippen molar-refractivity contribution in [3.63, 3.8) is 0 Å². The van der Waals surface area contributed by atoms with Gasteiger partial charge in [-0.2, -0.15) is 4.31 Å². The van der Waals surface area contributed by atoms with E-state index in [4.69, 9.17) is 4.74 Å². The maximum atomic E-state index is 12.5. The number of sulfonamides is 1. The summed E-state index contributed by atoms with van der Waals surface area (Å²) in [6, 6.07) is 4.83. The third kappa shape index (κ3) is 6.01. The van der Waals surface area contributed by atoms with E-state index in [0.717, 1.165) is 12.8 Å². The first-order chi connectivity index (χ1) is 11.8. The summed E-state index contributed by atoms with van der Waals surface area (Å²) in [5, 5.41) is 2.87. The molecule has 0 spiro atoms. The maximum Gasteiger partial charge on any atom is 0.258 e. The lowest BCUT2D eigenvalue weighted by atomic mass is 10.2. The summed E-state index contributed by atoms with van der Waals surface area (Å²) in [5.74, 6) is 0.331. The number of nitrogens with zero attached hydrogens (tertiary/aromatic N) is 1. The third-order valence-electron chi connectivity index (χ3n) is 3.98. The number of nitrogens with one attached hydrogen (secondary N) is 1. The van der Waals surface area contributed by atoms with Gasteiger partial charge in [-0.25, -0.2) is 8.42 Å². The van der Waals surface area contributed by atoms with Crippen molar-refractivity contribution < 1.29 is 17.9 Å². The number of amides is 1. The molecule has 1 aromatic rings. The Morgan fingerprint density at radius 2 is 1.88 bits per heavy atom. The first kappa shape index (κ1) is 21.4. The van der Waals surface area contributed by atoms with E-state index in [-0.39, 0.29) is 23.5 Å². The second-order valence-corrected chi connectivity index (χ2v) is 8.00. The van der Waals surface area contributed by atoms with Gasteiger partial charge in [0, 0.05) is 19.1 Å². The molecule has 1 N–H and O–H groups in total. The molecule has 6 nitrogen and oxygen atoms in total. The molecule has 1 atom stereocenters. The molecule has 7 heteroatoms. The minimum Gasteiger partial charge on any atom is -0.484 e. The zero-order valence-electron chi connectivity index (χ0n) is 15.8. The van der Waals surface area contributed by atoms with Crippen LogP contribution in [0, 0.1) is 6.92 Å². The largest absolute Gasteiger partial charge is 0.484 e. The Hall–Kier alpha value is -1.60. The minimum absolute atomic E-state index is 0.0863. The van der Waals surface area contributed by atoms with Crippen molar-refractivity contribution in [3.8, 4) is 5.75 Å². The van der Waals surface area contributed by atoms with Crippen LogP contribution in [0.2, 0.25) is 0 Å². The van der Waals surface area contributed by atoms with Crippen LogP contribution in [0.5, 0.6) is 5.75 Å². The van der Waals surface area contributed by atoms with E-state index in [1.165, 1.54) is 10.4 Å². The highest BCUT2D eigenvalue weighted by Gasteiger charge is 2.22.